The molecule has 2 aromatic rings. The minimum absolute atomic E-state index is 0.217. The maximum absolute atomic E-state index is 12.4. The van der Waals surface area contributed by atoms with E-state index in [1.807, 2.05) is 31.2 Å². The fourth-order valence-electron chi connectivity index (χ4n) is 2.46. The average Bonchev–Trinajstić information content (AvgIpc) is 2.62. The molecule has 5 nitrogen and oxygen atoms in total. The molecule has 0 unspecified atom stereocenters. The first-order valence-electron chi connectivity index (χ1n) is 8.52. The molecular weight excluding hydrogens is 348 g/mol. The SMILES string of the molecule is CCN(CC)S(=O)(=O)c1ccc(NC(=O)/C=C/c2ccc(C)cc2)cc1. The first kappa shape index (κ1) is 19.9. The van der Waals surface area contributed by atoms with Crippen molar-refractivity contribution in [1.29, 1.82) is 0 Å². The van der Waals surface area contributed by atoms with Gasteiger partial charge in [0.15, 0.2) is 0 Å². The minimum Gasteiger partial charge on any atom is -0.323 e. The van der Waals surface area contributed by atoms with Crippen LogP contribution in [0.1, 0.15) is 25.0 Å². The van der Waals surface area contributed by atoms with Gasteiger partial charge in [0.05, 0.1) is 4.90 Å². The number of anilines is 1. The van der Waals surface area contributed by atoms with Crippen LogP contribution in [0.15, 0.2) is 59.5 Å². The molecule has 6 heteroatoms. The molecule has 0 atom stereocenters. The standard InChI is InChI=1S/C20H24N2O3S/c1-4-22(5-2)26(24,25)19-13-11-18(12-14-19)21-20(23)15-10-17-8-6-16(3)7-9-17/h6-15H,4-5H2,1-3H3,(H,21,23)/b15-10+. The highest BCUT2D eigenvalue weighted by atomic mass is 32.2. The normalized spacial score (nSPS) is 11.8. The number of nitrogens with zero attached hydrogens (tertiary/aromatic N) is 1. The molecule has 0 saturated heterocycles. The quantitative estimate of drug-likeness (QED) is 0.754. The van der Waals surface area contributed by atoms with Gasteiger partial charge >= 0.3 is 0 Å². The van der Waals surface area contributed by atoms with Gasteiger partial charge in [-0.2, -0.15) is 4.31 Å². The highest BCUT2D eigenvalue weighted by Crippen LogP contribution is 2.18. The molecule has 2 rings (SSSR count). The monoisotopic (exact) mass is 372 g/mol. The summed E-state index contributed by atoms with van der Waals surface area (Å²) in [6.45, 7) is 6.44. The largest absolute Gasteiger partial charge is 0.323 e. The van der Waals surface area contributed by atoms with Crippen LogP contribution in [-0.4, -0.2) is 31.7 Å². The van der Waals surface area contributed by atoms with Gasteiger partial charge in [0.2, 0.25) is 15.9 Å². The van der Waals surface area contributed by atoms with E-state index in [1.54, 1.807) is 32.1 Å². The van der Waals surface area contributed by atoms with E-state index in [1.165, 1.54) is 22.5 Å². The third-order valence-corrected chi connectivity index (χ3v) is 6.03. The van der Waals surface area contributed by atoms with Gasteiger partial charge in [0.25, 0.3) is 0 Å². The van der Waals surface area contributed by atoms with Crippen molar-refractivity contribution < 1.29 is 13.2 Å². The van der Waals surface area contributed by atoms with E-state index in [-0.39, 0.29) is 10.8 Å². The summed E-state index contributed by atoms with van der Waals surface area (Å²) in [7, 11) is -3.49. The fourth-order valence-corrected chi connectivity index (χ4v) is 3.91. The highest BCUT2D eigenvalue weighted by molar-refractivity contribution is 7.89. The summed E-state index contributed by atoms with van der Waals surface area (Å²) in [5, 5.41) is 2.73. The Balaban J connectivity index is 2.04. The zero-order chi connectivity index (χ0) is 19.2. The lowest BCUT2D eigenvalue weighted by molar-refractivity contribution is -0.111. The maximum atomic E-state index is 12.4. The van der Waals surface area contributed by atoms with Gasteiger partial charge in [-0.25, -0.2) is 8.42 Å². The van der Waals surface area contributed by atoms with Crippen LogP contribution >= 0.6 is 0 Å². The number of benzene rings is 2. The molecule has 2 aromatic carbocycles. The average molecular weight is 372 g/mol. The summed E-state index contributed by atoms with van der Waals surface area (Å²) in [4.78, 5) is 12.2. The van der Waals surface area contributed by atoms with Crippen LogP contribution in [0.2, 0.25) is 0 Å². The molecule has 0 aromatic heterocycles. The highest BCUT2D eigenvalue weighted by Gasteiger charge is 2.21. The van der Waals surface area contributed by atoms with Crippen molar-refractivity contribution in [2.45, 2.75) is 25.7 Å². The van der Waals surface area contributed by atoms with Crippen LogP contribution in [0.3, 0.4) is 0 Å². The summed E-state index contributed by atoms with van der Waals surface area (Å²) < 4.78 is 26.3. The molecule has 0 aliphatic carbocycles. The lowest BCUT2D eigenvalue weighted by atomic mass is 10.1. The minimum atomic E-state index is -3.49. The molecule has 1 amide bonds. The predicted molar refractivity (Wildman–Crippen MR) is 105 cm³/mol. The second kappa shape index (κ2) is 8.78. The Morgan fingerprint density at radius 2 is 1.58 bits per heavy atom. The zero-order valence-corrected chi connectivity index (χ0v) is 16.1. The van der Waals surface area contributed by atoms with E-state index < -0.39 is 10.0 Å². The molecule has 0 aliphatic heterocycles. The Kier molecular flexibility index (Phi) is 6.71. The smallest absolute Gasteiger partial charge is 0.248 e. The van der Waals surface area contributed by atoms with Crippen molar-refractivity contribution in [3.05, 3.63) is 65.7 Å². The van der Waals surface area contributed by atoms with Crippen molar-refractivity contribution in [3.63, 3.8) is 0 Å². The van der Waals surface area contributed by atoms with Crippen LogP contribution in [0, 0.1) is 6.92 Å². The summed E-state index contributed by atoms with van der Waals surface area (Å²) in [6, 6.07) is 14.0. The van der Waals surface area contributed by atoms with E-state index in [2.05, 4.69) is 5.32 Å². The van der Waals surface area contributed by atoms with Crippen LogP contribution in [0.4, 0.5) is 5.69 Å². The summed E-state index contributed by atoms with van der Waals surface area (Å²) in [6.07, 6.45) is 3.18. The van der Waals surface area contributed by atoms with Crippen molar-refractivity contribution in [3.8, 4) is 0 Å². The number of nitrogens with one attached hydrogen (secondary N) is 1. The Labute approximate surface area is 155 Å². The van der Waals surface area contributed by atoms with Crippen molar-refractivity contribution in [2.24, 2.45) is 0 Å². The number of carbonyl (C=O) groups is 1. The molecule has 26 heavy (non-hydrogen) atoms. The molecule has 0 heterocycles. The first-order valence-corrected chi connectivity index (χ1v) is 9.96. The van der Waals surface area contributed by atoms with E-state index >= 15 is 0 Å². The summed E-state index contributed by atoms with van der Waals surface area (Å²) in [5.74, 6) is -0.273. The second-order valence-corrected chi connectivity index (χ2v) is 7.78. The third-order valence-electron chi connectivity index (χ3n) is 3.97. The Morgan fingerprint density at radius 3 is 2.12 bits per heavy atom. The zero-order valence-electron chi connectivity index (χ0n) is 15.3. The van der Waals surface area contributed by atoms with Crippen molar-refractivity contribution in [1.82, 2.24) is 4.31 Å². The third kappa shape index (κ3) is 5.03. The first-order chi connectivity index (χ1) is 12.4. The van der Waals surface area contributed by atoms with Gasteiger partial charge in [-0.05, 0) is 42.8 Å². The fraction of sp³-hybridized carbons (Fsp3) is 0.250. The van der Waals surface area contributed by atoms with E-state index in [4.69, 9.17) is 0 Å². The molecule has 0 saturated carbocycles. The molecular formula is C20H24N2O3S. The van der Waals surface area contributed by atoms with Gasteiger partial charge < -0.3 is 5.32 Å². The molecule has 0 spiro atoms. The second-order valence-electron chi connectivity index (χ2n) is 5.85. The maximum Gasteiger partial charge on any atom is 0.248 e. The lowest BCUT2D eigenvalue weighted by Crippen LogP contribution is -2.30. The van der Waals surface area contributed by atoms with E-state index in [9.17, 15) is 13.2 Å². The van der Waals surface area contributed by atoms with Crippen LogP contribution in [0.25, 0.3) is 6.08 Å². The Hall–Kier alpha value is -2.44. The summed E-state index contributed by atoms with van der Waals surface area (Å²) in [5.41, 5.74) is 2.64. The van der Waals surface area contributed by atoms with Gasteiger partial charge in [-0.1, -0.05) is 43.7 Å². The van der Waals surface area contributed by atoms with Crippen LogP contribution in [0.5, 0.6) is 0 Å². The van der Waals surface area contributed by atoms with E-state index in [0.717, 1.165) is 11.1 Å². The number of sulfonamides is 1. The molecule has 0 radical (unpaired) electrons. The van der Waals surface area contributed by atoms with Gasteiger partial charge in [-0.3, -0.25) is 4.79 Å². The van der Waals surface area contributed by atoms with Crippen molar-refractivity contribution in [2.75, 3.05) is 18.4 Å². The predicted octanol–water partition coefficient (Wildman–Crippen LogP) is 3.68. The Morgan fingerprint density at radius 1 is 1.00 bits per heavy atom. The van der Waals surface area contributed by atoms with Gasteiger partial charge in [-0.15, -0.1) is 0 Å². The lowest BCUT2D eigenvalue weighted by Gasteiger charge is -2.18. The topological polar surface area (TPSA) is 66.5 Å². The number of hydrogen-bond donors (Lipinski definition) is 1. The molecule has 0 aliphatic rings. The molecule has 1 N–H and O–H groups in total. The molecule has 0 fully saturated rings. The number of hydrogen-bond acceptors (Lipinski definition) is 3. The number of aryl methyl sites for hydroxylation is 1. The number of rotatable bonds is 7. The van der Waals surface area contributed by atoms with Gasteiger partial charge in [0.1, 0.15) is 0 Å². The number of amides is 1. The Bertz CT molecular complexity index is 866. The van der Waals surface area contributed by atoms with E-state index in [0.29, 0.717) is 18.8 Å². The molecule has 0 bridgehead atoms. The summed E-state index contributed by atoms with van der Waals surface area (Å²) >= 11 is 0. The van der Waals surface area contributed by atoms with Crippen LogP contribution in [-0.2, 0) is 14.8 Å². The van der Waals surface area contributed by atoms with Gasteiger partial charge in [0, 0.05) is 24.9 Å². The number of carbonyl (C=O) groups excluding carboxylic acids is 1. The van der Waals surface area contributed by atoms with Crippen molar-refractivity contribution >= 4 is 27.7 Å². The molecule has 138 valence electrons. The van der Waals surface area contributed by atoms with Crippen LogP contribution < -0.4 is 5.32 Å².